The Bertz CT molecular complexity index is 639. The molecule has 1 amide bonds. The first-order chi connectivity index (χ1) is 13.3. The minimum absolute atomic E-state index is 0.0915. The maximum Gasteiger partial charge on any atom is 0.335 e. The molecule has 0 unspecified atom stereocenters. The fourth-order valence-corrected chi connectivity index (χ4v) is 2.30. The first-order valence-electron chi connectivity index (χ1n) is 8.93. The molecule has 8 nitrogen and oxygen atoms in total. The van der Waals surface area contributed by atoms with Crippen LogP contribution >= 0.6 is 0 Å². The molecule has 0 spiro atoms. The lowest BCUT2D eigenvalue weighted by Crippen LogP contribution is -2.41. The van der Waals surface area contributed by atoms with Crippen molar-refractivity contribution in [3.63, 3.8) is 0 Å². The summed E-state index contributed by atoms with van der Waals surface area (Å²) in [5.41, 5.74) is -1.63. The molecule has 1 N–H and O–H groups in total. The lowest BCUT2D eigenvalue weighted by atomic mass is 9.80. The van der Waals surface area contributed by atoms with Gasteiger partial charge >= 0.3 is 17.9 Å². The van der Waals surface area contributed by atoms with Gasteiger partial charge in [0.15, 0.2) is 5.41 Å². The molecule has 8 heteroatoms. The van der Waals surface area contributed by atoms with Crippen LogP contribution in [-0.2, 0) is 33.4 Å². The van der Waals surface area contributed by atoms with E-state index in [-0.39, 0.29) is 30.9 Å². The predicted molar refractivity (Wildman–Crippen MR) is 102 cm³/mol. The summed E-state index contributed by atoms with van der Waals surface area (Å²) in [6.07, 6.45) is 3.56. The van der Waals surface area contributed by atoms with Gasteiger partial charge in [-0.2, -0.15) is 0 Å². The summed E-state index contributed by atoms with van der Waals surface area (Å²) in [6.45, 7) is 3.22. The molecule has 0 aromatic heterocycles. The maximum absolute atomic E-state index is 12.5. The van der Waals surface area contributed by atoms with Crippen LogP contribution in [0.3, 0.4) is 0 Å². The molecular weight excluding hydrogens is 366 g/mol. The van der Waals surface area contributed by atoms with Gasteiger partial charge in [-0.05, 0) is 12.8 Å². The Hall–Kier alpha value is -2.82. The van der Waals surface area contributed by atoms with Crippen molar-refractivity contribution >= 4 is 23.8 Å². The number of methoxy groups -OCH3 is 3. The second-order valence-corrected chi connectivity index (χ2v) is 6.03. The number of amides is 1. The van der Waals surface area contributed by atoms with Crippen molar-refractivity contribution in [1.82, 2.24) is 5.32 Å². The van der Waals surface area contributed by atoms with E-state index in [0.717, 1.165) is 27.1 Å². The molecule has 156 valence electrons. The number of nitrogens with one attached hydrogen (secondary N) is 1. The fourth-order valence-electron chi connectivity index (χ4n) is 2.30. The van der Waals surface area contributed by atoms with Crippen LogP contribution in [0, 0.1) is 17.3 Å². The van der Waals surface area contributed by atoms with Crippen LogP contribution in [0.4, 0.5) is 0 Å². The van der Waals surface area contributed by atoms with Gasteiger partial charge in [-0.1, -0.05) is 19.4 Å². The number of hydrogen-bond acceptors (Lipinski definition) is 7. The van der Waals surface area contributed by atoms with Gasteiger partial charge in [0.25, 0.3) is 0 Å². The van der Waals surface area contributed by atoms with Gasteiger partial charge in [0.05, 0.1) is 26.9 Å². The summed E-state index contributed by atoms with van der Waals surface area (Å²) in [7, 11) is 3.51. The summed E-state index contributed by atoms with van der Waals surface area (Å²) in [5, 5.41) is 2.48. The molecule has 0 aromatic rings. The number of unbranched alkanes of at least 4 members (excludes halogenated alkanes) is 2. The van der Waals surface area contributed by atoms with Crippen LogP contribution < -0.4 is 5.32 Å². The smallest absolute Gasteiger partial charge is 0.335 e. The van der Waals surface area contributed by atoms with E-state index in [9.17, 15) is 19.2 Å². The molecular formula is C20H29NO7. The normalized spacial score (nSPS) is 11.0. The molecule has 0 heterocycles. The third-order valence-corrected chi connectivity index (χ3v) is 4.00. The minimum atomic E-state index is -1.72. The largest absolute Gasteiger partial charge is 0.468 e. The highest BCUT2D eigenvalue weighted by Crippen LogP contribution is 2.31. The fraction of sp³-hybridized carbons (Fsp3) is 0.600. The first-order valence-corrected chi connectivity index (χ1v) is 8.93. The molecule has 0 fully saturated rings. The number of carbonyl (C=O) groups excluding carboxylic acids is 4. The quantitative estimate of drug-likeness (QED) is 0.149. The Morgan fingerprint density at radius 1 is 1.00 bits per heavy atom. The summed E-state index contributed by atoms with van der Waals surface area (Å²) in [6, 6.07) is 0. The number of ether oxygens (including phenoxy) is 3. The van der Waals surface area contributed by atoms with E-state index < -0.39 is 23.3 Å². The summed E-state index contributed by atoms with van der Waals surface area (Å²) in [5.74, 6) is 3.10. The van der Waals surface area contributed by atoms with E-state index >= 15 is 0 Å². The summed E-state index contributed by atoms with van der Waals surface area (Å²) < 4.78 is 14.3. The molecule has 0 aliphatic heterocycles. The Morgan fingerprint density at radius 2 is 1.61 bits per heavy atom. The van der Waals surface area contributed by atoms with E-state index in [0.29, 0.717) is 6.42 Å². The van der Waals surface area contributed by atoms with Crippen LogP contribution in [0.5, 0.6) is 0 Å². The summed E-state index contributed by atoms with van der Waals surface area (Å²) >= 11 is 0. The van der Waals surface area contributed by atoms with Crippen molar-refractivity contribution in [2.45, 2.75) is 46.0 Å². The third-order valence-electron chi connectivity index (χ3n) is 4.00. The predicted octanol–water partition coefficient (Wildman–Crippen LogP) is 1.53. The summed E-state index contributed by atoms with van der Waals surface area (Å²) in [4.78, 5) is 48.0. The monoisotopic (exact) mass is 395 g/mol. The SMILES string of the molecule is CCCCC#CCC(C/C=C(/CNC(C)=O)C(=O)OC)(C(=O)OC)C(=O)OC. The Morgan fingerprint density at radius 3 is 2.07 bits per heavy atom. The molecule has 0 rings (SSSR count). The second kappa shape index (κ2) is 13.4. The number of hydrogen-bond donors (Lipinski definition) is 1. The molecule has 0 atom stereocenters. The van der Waals surface area contributed by atoms with Crippen LogP contribution in [0.1, 0.15) is 46.0 Å². The Balaban J connectivity index is 5.86. The molecule has 0 saturated heterocycles. The molecule has 28 heavy (non-hydrogen) atoms. The van der Waals surface area contributed by atoms with Crippen LogP contribution in [0.2, 0.25) is 0 Å². The van der Waals surface area contributed by atoms with Gasteiger partial charge in [0.2, 0.25) is 5.91 Å². The minimum Gasteiger partial charge on any atom is -0.468 e. The van der Waals surface area contributed by atoms with Crippen LogP contribution in [-0.4, -0.2) is 51.7 Å². The molecule has 0 aliphatic rings. The topological polar surface area (TPSA) is 108 Å². The van der Waals surface area contributed by atoms with Gasteiger partial charge in [-0.3, -0.25) is 14.4 Å². The third kappa shape index (κ3) is 7.82. The highest BCUT2D eigenvalue weighted by molar-refractivity contribution is 6.01. The lowest BCUT2D eigenvalue weighted by Gasteiger charge is -2.25. The second-order valence-electron chi connectivity index (χ2n) is 6.03. The number of carbonyl (C=O) groups is 4. The number of allylic oxidation sites excluding steroid dienone is 1. The van der Waals surface area contributed by atoms with Crippen LogP contribution in [0.25, 0.3) is 0 Å². The molecule has 0 aliphatic carbocycles. The van der Waals surface area contributed by atoms with Gasteiger partial charge in [-0.15, -0.1) is 11.8 Å². The molecule has 0 saturated carbocycles. The van der Waals surface area contributed by atoms with Crippen molar-refractivity contribution in [2.75, 3.05) is 27.9 Å². The number of rotatable bonds is 10. The van der Waals surface area contributed by atoms with Gasteiger partial charge in [-0.25, -0.2) is 4.79 Å². The van der Waals surface area contributed by atoms with Crippen molar-refractivity contribution in [1.29, 1.82) is 0 Å². The van der Waals surface area contributed by atoms with Crippen LogP contribution in [0.15, 0.2) is 11.6 Å². The zero-order valence-electron chi connectivity index (χ0n) is 17.2. The van der Waals surface area contributed by atoms with E-state index in [2.05, 4.69) is 17.2 Å². The molecule has 0 aromatic carbocycles. The highest BCUT2D eigenvalue weighted by atomic mass is 16.5. The van der Waals surface area contributed by atoms with E-state index in [1.54, 1.807) is 0 Å². The van der Waals surface area contributed by atoms with Crippen molar-refractivity contribution in [2.24, 2.45) is 5.41 Å². The Labute approximate surface area is 166 Å². The standard InChI is InChI=1S/C20H29NO7/c1-6-7-8-9-10-12-20(18(24)27-4,19(25)28-5)13-11-16(17(23)26-3)14-21-15(2)22/h11H,6-8,12-14H2,1-5H3,(H,21,22)/b16-11-. The van der Waals surface area contributed by atoms with Gasteiger partial charge in [0.1, 0.15) is 0 Å². The zero-order chi connectivity index (χ0) is 21.6. The van der Waals surface area contributed by atoms with E-state index in [4.69, 9.17) is 14.2 Å². The lowest BCUT2D eigenvalue weighted by molar-refractivity contribution is -0.168. The molecule has 0 bridgehead atoms. The Kier molecular flexibility index (Phi) is 12.0. The van der Waals surface area contributed by atoms with Crippen molar-refractivity contribution in [3.8, 4) is 11.8 Å². The average molecular weight is 395 g/mol. The van der Waals surface area contributed by atoms with E-state index in [1.807, 2.05) is 6.92 Å². The van der Waals surface area contributed by atoms with E-state index in [1.165, 1.54) is 20.1 Å². The van der Waals surface area contributed by atoms with Gasteiger partial charge in [0, 0.05) is 26.3 Å². The van der Waals surface area contributed by atoms with Gasteiger partial charge < -0.3 is 19.5 Å². The van der Waals surface area contributed by atoms with Crippen molar-refractivity contribution in [3.05, 3.63) is 11.6 Å². The number of esters is 3. The van der Waals surface area contributed by atoms with Crippen molar-refractivity contribution < 1.29 is 33.4 Å². The maximum atomic E-state index is 12.5. The average Bonchev–Trinajstić information content (AvgIpc) is 2.69. The first kappa shape index (κ1) is 25.2. The zero-order valence-corrected chi connectivity index (χ0v) is 17.2. The highest BCUT2D eigenvalue weighted by Gasteiger charge is 2.47. The molecule has 0 radical (unpaired) electrons.